The SMILES string of the molecule is CO[C@]1(CN2CCN3CCOC[C@@H]3C2)/C=C/C[C@H](C)[C@@H](C)S(=O)(=O)NC(=O)c2ccc3c(c2)N(CCCCc2cc(Cl)ccc2CO3)C[C@@H]2CC[C@H]21. The third kappa shape index (κ3) is 8.05. The molecule has 3 fully saturated rings. The van der Waals surface area contributed by atoms with Gasteiger partial charge in [-0.1, -0.05) is 36.7 Å². The van der Waals surface area contributed by atoms with Crippen molar-refractivity contribution in [1.29, 1.82) is 0 Å². The molecule has 0 unspecified atom stereocenters. The molecule has 284 valence electrons. The van der Waals surface area contributed by atoms with Crippen molar-refractivity contribution in [2.24, 2.45) is 17.8 Å². The maximum Gasteiger partial charge on any atom is 0.264 e. The first-order valence-electron chi connectivity index (χ1n) is 19.2. The maximum absolute atomic E-state index is 13.6. The maximum atomic E-state index is 13.6. The van der Waals surface area contributed by atoms with Gasteiger partial charge in [-0.05, 0) is 105 Å². The molecule has 10 nitrogen and oxygen atoms in total. The van der Waals surface area contributed by atoms with Gasteiger partial charge in [-0.25, -0.2) is 13.1 Å². The number of piperazine rings is 1. The lowest BCUT2D eigenvalue weighted by Gasteiger charge is -2.53. The Kier molecular flexibility index (Phi) is 11.6. The van der Waals surface area contributed by atoms with E-state index in [1.165, 1.54) is 5.56 Å². The van der Waals surface area contributed by atoms with E-state index in [0.717, 1.165) is 107 Å². The first-order chi connectivity index (χ1) is 25.0. The molecule has 4 aliphatic heterocycles. The number of sulfonamides is 1. The van der Waals surface area contributed by atoms with Gasteiger partial charge in [0.25, 0.3) is 5.91 Å². The summed E-state index contributed by atoms with van der Waals surface area (Å²) in [7, 11) is -2.11. The Balaban J connectivity index is 1.25. The summed E-state index contributed by atoms with van der Waals surface area (Å²) < 4.78 is 48.7. The predicted octanol–water partition coefficient (Wildman–Crippen LogP) is 5.53. The smallest absolute Gasteiger partial charge is 0.264 e. The summed E-state index contributed by atoms with van der Waals surface area (Å²) in [6.45, 7) is 11.8. The van der Waals surface area contributed by atoms with Crippen LogP contribution in [0.25, 0.3) is 0 Å². The number of nitrogens with one attached hydrogen (secondary N) is 1. The predicted molar refractivity (Wildman–Crippen MR) is 205 cm³/mol. The van der Waals surface area contributed by atoms with Crippen LogP contribution in [-0.2, 0) is 32.5 Å². The van der Waals surface area contributed by atoms with Gasteiger partial charge in [-0.2, -0.15) is 0 Å². The molecule has 4 heterocycles. The van der Waals surface area contributed by atoms with E-state index >= 15 is 0 Å². The summed E-state index contributed by atoms with van der Waals surface area (Å²) in [4.78, 5) is 21.1. The fourth-order valence-electron chi connectivity index (χ4n) is 8.94. The first kappa shape index (κ1) is 37.6. The van der Waals surface area contributed by atoms with Gasteiger partial charge < -0.3 is 19.1 Å². The molecule has 2 aromatic carbocycles. The van der Waals surface area contributed by atoms with Gasteiger partial charge in [0.05, 0.1) is 24.2 Å². The van der Waals surface area contributed by atoms with Crippen LogP contribution in [0.1, 0.15) is 67.4 Å². The number of hydrogen-bond acceptors (Lipinski definition) is 9. The van der Waals surface area contributed by atoms with Gasteiger partial charge in [0, 0.05) is 69.6 Å². The number of nitrogens with zero attached hydrogens (tertiary/aromatic N) is 3. The zero-order chi connectivity index (χ0) is 36.5. The van der Waals surface area contributed by atoms with E-state index in [4.69, 9.17) is 25.8 Å². The summed E-state index contributed by atoms with van der Waals surface area (Å²) in [6, 6.07) is 11.7. The van der Waals surface area contributed by atoms with Crippen LogP contribution in [0.3, 0.4) is 0 Å². The molecule has 2 aromatic rings. The highest BCUT2D eigenvalue weighted by Gasteiger charge is 2.49. The molecule has 2 saturated heterocycles. The van der Waals surface area contributed by atoms with E-state index in [0.29, 0.717) is 36.3 Å². The van der Waals surface area contributed by atoms with Crippen LogP contribution in [0, 0.1) is 17.8 Å². The molecule has 0 spiro atoms. The van der Waals surface area contributed by atoms with Crippen molar-refractivity contribution >= 4 is 33.2 Å². The molecular weight excluding hydrogens is 700 g/mol. The second-order valence-electron chi connectivity index (χ2n) is 15.7. The number of halogens is 1. The second kappa shape index (κ2) is 16.0. The normalized spacial score (nSPS) is 32.4. The van der Waals surface area contributed by atoms with Crippen LogP contribution < -0.4 is 14.4 Å². The van der Waals surface area contributed by atoms with E-state index in [9.17, 15) is 13.2 Å². The number of anilines is 1. The van der Waals surface area contributed by atoms with Gasteiger partial charge in [-0.15, -0.1) is 0 Å². The average Bonchev–Trinajstić information content (AvgIpc) is 3.15. The molecule has 12 heteroatoms. The number of hydrogen-bond donors (Lipinski definition) is 1. The van der Waals surface area contributed by atoms with Gasteiger partial charge in [-0.3, -0.25) is 14.6 Å². The van der Waals surface area contributed by atoms with Gasteiger partial charge in [0.2, 0.25) is 10.0 Å². The molecule has 0 aromatic heterocycles. The van der Waals surface area contributed by atoms with E-state index < -0.39 is 26.8 Å². The monoisotopic (exact) mass is 754 g/mol. The number of rotatable bonds is 3. The van der Waals surface area contributed by atoms with Gasteiger partial charge >= 0.3 is 0 Å². The molecule has 2 bridgehead atoms. The lowest BCUT2D eigenvalue weighted by atomic mass is 9.63. The van der Waals surface area contributed by atoms with Crippen LogP contribution in [0.15, 0.2) is 48.6 Å². The van der Waals surface area contributed by atoms with E-state index in [2.05, 4.69) is 31.6 Å². The van der Waals surface area contributed by atoms with Crippen molar-refractivity contribution in [3.05, 3.63) is 70.3 Å². The third-order valence-electron chi connectivity index (χ3n) is 12.5. The topological polar surface area (TPSA) is 101 Å². The van der Waals surface area contributed by atoms with Crippen molar-refractivity contribution in [2.75, 3.05) is 71.0 Å². The molecule has 5 aliphatic rings. The highest BCUT2D eigenvalue weighted by atomic mass is 35.5. The Hall–Kier alpha value is -2.67. The molecular formula is C40H55ClN4O6S. The summed E-state index contributed by atoms with van der Waals surface area (Å²) in [6.07, 6.45) is 9.87. The van der Waals surface area contributed by atoms with Crippen LogP contribution in [0.4, 0.5) is 5.69 Å². The Morgan fingerprint density at radius 1 is 1.02 bits per heavy atom. The second-order valence-corrected chi connectivity index (χ2v) is 18.2. The molecule has 52 heavy (non-hydrogen) atoms. The zero-order valence-electron chi connectivity index (χ0n) is 30.9. The molecule has 7 rings (SSSR count). The summed E-state index contributed by atoms with van der Waals surface area (Å²) >= 11 is 6.41. The fourth-order valence-corrected chi connectivity index (χ4v) is 10.4. The lowest BCUT2D eigenvalue weighted by Crippen LogP contribution is -2.62. The number of aryl methyl sites for hydroxylation is 1. The quantitative estimate of drug-likeness (QED) is 0.406. The van der Waals surface area contributed by atoms with Crippen molar-refractivity contribution in [3.8, 4) is 5.75 Å². The summed E-state index contributed by atoms with van der Waals surface area (Å²) in [5.41, 5.74) is 2.85. The summed E-state index contributed by atoms with van der Waals surface area (Å²) in [5.74, 6) is 0.436. The average molecular weight is 755 g/mol. The van der Waals surface area contributed by atoms with Gasteiger partial charge in [0.15, 0.2) is 0 Å². The Labute approximate surface area is 314 Å². The molecule has 1 amide bonds. The number of methoxy groups -OCH3 is 1. The minimum atomic E-state index is -3.96. The lowest BCUT2D eigenvalue weighted by molar-refractivity contribution is -0.108. The molecule has 0 radical (unpaired) electrons. The van der Waals surface area contributed by atoms with Crippen LogP contribution in [-0.4, -0.2) is 107 Å². The number of amides is 1. The highest BCUT2D eigenvalue weighted by molar-refractivity contribution is 7.90. The largest absolute Gasteiger partial charge is 0.487 e. The number of fused-ring (bicyclic) bond motifs is 4. The molecule has 1 aliphatic carbocycles. The Morgan fingerprint density at radius 3 is 2.69 bits per heavy atom. The van der Waals surface area contributed by atoms with Crippen LogP contribution >= 0.6 is 11.6 Å². The minimum Gasteiger partial charge on any atom is -0.487 e. The standard InChI is InChI=1S/C40H55ClN4O6S/c1-28-7-6-15-40(49-3,27-43-17-18-44-19-20-50-26-35(44)24-43)36-13-10-32(36)23-45-16-5-4-8-30-21-34(41)12-9-33(30)25-51-38-14-11-31(22-37(38)45)39(46)42-52(47,48)29(28)2/h6,9,11-12,14-15,21-22,28-29,32,35-36H,4-5,7-8,10,13,16-20,23-27H2,1-3H3,(H,42,46)/b15-6+/t28-,29+,32-,35-,36+,40-/m0/s1. The Bertz CT molecular complexity index is 1740. The van der Waals surface area contributed by atoms with Crippen molar-refractivity contribution < 1.29 is 27.4 Å². The summed E-state index contributed by atoms with van der Waals surface area (Å²) in [5, 5.41) is -0.0647. The molecule has 1 saturated carbocycles. The van der Waals surface area contributed by atoms with Crippen LogP contribution in [0.2, 0.25) is 5.02 Å². The fraction of sp³-hybridized carbons (Fsp3) is 0.625. The highest BCUT2D eigenvalue weighted by Crippen LogP contribution is 2.47. The number of morpholine rings is 1. The first-order valence-corrected chi connectivity index (χ1v) is 21.1. The van der Waals surface area contributed by atoms with E-state index in [-0.39, 0.29) is 11.8 Å². The van der Waals surface area contributed by atoms with Gasteiger partial charge in [0.1, 0.15) is 18.0 Å². The van der Waals surface area contributed by atoms with Crippen molar-refractivity contribution in [2.45, 2.75) is 75.9 Å². The number of carbonyl (C=O) groups is 1. The Morgan fingerprint density at radius 2 is 1.88 bits per heavy atom. The molecule has 6 atom stereocenters. The van der Waals surface area contributed by atoms with E-state index in [1.54, 1.807) is 13.0 Å². The number of carbonyl (C=O) groups excluding carboxylic acids is 1. The molecule has 1 N–H and O–H groups in total. The minimum absolute atomic E-state index is 0.224. The third-order valence-corrected chi connectivity index (χ3v) is 14.7. The van der Waals surface area contributed by atoms with Crippen molar-refractivity contribution in [1.82, 2.24) is 14.5 Å². The number of ether oxygens (including phenoxy) is 3. The number of allylic oxidation sites excluding steroid dienone is 1. The van der Waals surface area contributed by atoms with Crippen LogP contribution in [0.5, 0.6) is 5.75 Å². The number of benzene rings is 2. The van der Waals surface area contributed by atoms with E-state index in [1.807, 2.05) is 44.4 Å². The van der Waals surface area contributed by atoms with Crippen molar-refractivity contribution in [3.63, 3.8) is 0 Å². The zero-order valence-corrected chi connectivity index (χ0v) is 32.5.